The standard InChI is InChI=1S/C38H75O8PS2/c1-4-7-9-11-13-15-17-19-21-23-25-27-30-48-34-37(39)43-32-36(33-45-47(41,42)44-29-6-3)46-38(40)35-49-31-28-26-24-22-20-18-16-14-12-10-8-5-2/h36H,4-35H2,1-3H3,(H,41,42)/p-1/t36-/m1/s1. The first-order valence-corrected chi connectivity index (χ1v) is 23.7. The van der Waals surface area contributed by atoms with Gasteiger partial charge in [-0.15, -0.1) is 0 Å². The largest absolute Gasteiger partial charge is 0.756 e. The Balaban J connectivity index is 4.14. The maximum absolute atomic E-state index is 12.5. The van der Waals surface area contributed by atoms with Crippen LogP contribution in [0.3, 0.4) is 0 Å². The maximum Gasteiger partial charge on any atom is 0.316 e. The molecule has 0 aliphatic rings. The van der Waals surface area contributed by atoms with E-state index in [1.807, 2.05) is 0 Å². The molecule has 0 heterocycles. The molecule has 0 saturated heterocycles. The van der Waals surface area contributed by atoms with Crippen LogP contribution in [0.1, 0.15) is 181 Å². The zero-order valence-electron chi connectivity index (χ0n) is 31.7. The fourth-order valence-corrected chi connectivity index (χ4v) is 7.80. The summed E-state index contributed by atoms with van der Waals surface area (Å²) in [4.78, 5) is 36.9. The molecule has 0 amide bonds. The van der Waals surface area contributed by atoms with Crippen LogP contribution in [0.25, 0.3) is 0 Å². The molecule has 0 N–H and O–H groups in total. The molecule has 0 spiro atoms. The summed E-state index contributed by atoms with van der Waals surface area (Å²) < 4.78 is 32.5. The lowest BCUT2D eigenvalue weighted by molar-refractivity contribution is -0.228. The molecule has 0 aliphatic heterocycles. The molecule has 11 heteroatoms. The zero-order valence-corrected chi connectivity index (χ0v) is 34.3. The number of phosphoric ester groups is 1. The van der Waals surface area contributed by atoms with E-state index in [2.05, 4.69) is 13.8 Å². The van der Waals surface area contributed by atoms with Crippen LogP contribution in [0.5, 0.6) is 0 Å². The smallest absolute Gasteiger partial charge is 0.316 e. The third kappa shape index (κ3) is 37.3. The second kappa shape index (κ2) is 37.5. The highest BCUT2D eigenvalue weighted by atomic mass is 32.2. The summed E-state index contributed by atoms with van der Waals surface area (Å²) in [5.41, 5.74) is 0. The predicted molar refractivity (Wildman–Crippen MR) is 207 cm³/mol. The normalized spacial score (nSPS) is 13.3. The molecule has 0 fully saturated rings. The van der Waals surface area contributed by atoms with Crippen molar-refractivity contribution in [3.8, 4) is 0 Å². The second-order valence-electron chi connectivity index (χ2n) is 13.3. The van der Waals surface area contributed by atoms with Gasteiger partial charge in [-0.25, -0.2) is 0 Å². The molecule has 2 atom stereocenters. The first kappa shape index (κ1) is 48.8. The molecule has 1 unspecified atom stereocenters. The van der Waals surface area contributed by atoms with Crippen LogP contribution >= 0.6 is 31.3 Å². The lowest BCUT2D eigenvalue weighted by atomic mass is 10.1. The van der Waals surface area contributed by atoms with Crippen molar-refractivity contribution in [1.29, 1.82) is 0 Å². The number of phosphoric acid groups is 1. The van der Waals surface area contributed by atoms with Crippen molar-refractivity contribution in [2.45, 2.75) is 187 Å². The monoisotopic (exact) mass is 753 g/mol. The van der Waals surface area contributed by atoms with Gasteiger partial charge in [0.15, 0.2) is 6.10 Å². The van der Waals surface area contributed by atoms with Crippen LogP contribution in [0.4, 0.5) is 0 Å². The Labute approximate surface area is 310 Å². The highest BCUT2D eigenvalue weighted by Crippen LogP contribution is 2.38. The van der Waals surface area contributed by atoms with Gasteiger partial charge in [-0.3, -0.25) is 14.2 Å². The molecule has 0 bridgehead atoms. The van der Waals surface area contributed by atoms with Crippen LogP contribution in [0.2, 0.25) is 0 Å². The van der Waals surface area contributed by atoms with Gasteiger partial charge in [0.2, 0.25) is 0 Å². The van der Waals surface area contributed by atoms with Crippen molar-refractivity contribution in [3.05, 3.63) is 0 Å². The molecule has 292 valence electrons. The van der Waals surface area contributed by atoms with E-state index in [-0.39, 0.29) is 24.7 Å². The summed E-state index contributed by atoms with van der Waals surface area (Å²) >= 11 is 3.03. The van der Waals surface area contributed by atoms with Crippen molar-refractivity contribution in [2.24, 2.45) is 0 Å². The third-order valence-electron chi connectivity index (χ3n) is 8.32. The quantitative estimate of drug-likeness (QED) is 0.0341. The Morgan fingerprint density at radius 3 is 1.33 bits per heavy atom. The van der Waals surface area contributed by atoms with Crippen molar-refractivity contribution < 1.29 is 37.6 Å². The van der Waals surface area contributed by atoms with Crippen molar-refractivity contribution >= 4 is 43.3 Å². The highest BCUT2D eigenvalue weighted by molar-refractivity contribution is 8.00. The molecule has 0 aromatic heterocycles. The molecular weight excluding hydrogens is 680 g/mol. The topological polar surface area (TPSA) is 111 Å². The van der Waals surface area contributed by atoms with E-state index >= 15 is 0 Å². The van der Waals surface area contributed by atoms with Crippen LogP contribution < -0.4 is 4.89 Å². The molecular formula is C38H74O8PS2-. The predicted octanol–water partition coefficient (Wildman–Crippen LogP) is 11.2. The van der Waals surface area contributed by atoms with Gasteiger partial charge in [0.1, 0.15) is 6.61 Å². The van der Waals surface area contributed by atoms with E-state index in [0.29, 0.717) is 6.42 Å². The van der Waals surface area contributed by atoms with E-state index in [0.717, 1.165) is 30.8 Å². The van der Waals surface area contributed by atoms with Crippen LogP contribution in [0.15, 0.2) is 0 Å². The molecule has 49 heavy (non-hydrogen) atoms. The summed E-state index contributed by atoms with van der Waals surface area (Å²) in [7, 11) is -4.54. The third-order valence-corrected chi connectivity index (χ3v) is 11.3. The number of hydrogen-bond acceptors (Lipinski definition) is 10. The summed E-state index contributed by atoms with van der Waals surface area (Å²) in [6, 6.07) is 0. The van der Waals surface area contributed by atoms with Crippen molar-refractivity contribution in [3.63, 3.8) is 0 Å². The summed E-state index contributed by atoms with van der Waals surface area (Å²) in [6.45, 7) is 5.57. The van der Waals surface area contributed by atoms with E-state index in [1.54, 1.807) is 6.92 Å². The average molecular weight is 754 g/mol. The zero-order chi connectivity index (χ0) is 36.1. The fraction of sp³-hybridized carbons (Fsp3) is 0.947. The molecule has 0 aliphatic carbocycles. The van der Waals surface area contributed by atoms with E-state index in [1.165, 1.54) is 158 Å². The Morgan fingerprint density at radius 1 is 0.531 bits per heavy atom. The Kier molecular flexibility index (Phi) is 37.3. The molecule has 0 rings (SSSR count). The number of esters is 2. The lowest BCUT2D eigenvalue weighted by Crippen LogP contribution is -2.31. The summed E-state index contributed by atoms with van der Waals surface area (Å²) in [5, 5.41) is 0. The lowest BCUT2D eigenvalue weighted by Gasteiger charge is -2.25. The van der Waals surface area contributed by atoms with Crippen LogP contribution in [-0.4, -0.2) is 60.9 Å². The summed E-state index contributed by atoms with van der Waals surface area (Å²) in [5.74, 6) is 1.20. The minimum absolute atomic E-state index is 0.00635. The first-order chi connectivity index (χ1) is 23.8. The number of carbonyl (C=O) groups is 2. The Morgan fingerprint density at radius 2 is 0.918 bits per heavy atom. The van der Waals surface area contributed by atoms with E-state index in [4.69, 9.17) is 18.5 Å². The van der Waals surface area contributed by atoms with E-state index < -0.39 is 32.5 Å². The number of rotatable bonds is 39. The van der Waals surface area contributed by atoms with Gasteiger partial charge in [0.25, 0.3) is 7.82 Å². The minimum Gasteiger partial charge on any atom is -0.756 e. The van der Waals surface area contributed by atoms with Gasteiger partial charge in [0, 0.05) is 0 Å². The van der Waals surface area contributed by atoms with E-state index in [9.17, 15) is 19.0 Å². The fourth-order valence-electron chi connectivity index (χ4n) is 5.38. The van der Waals surface area contributed by atoms with Gasteiger partial charge in [-0.2, -0.15) is 23.5 Å². The Bertz CT molecular complexity index is 789. The molecule has 0 saturated carbocycles. The number of thioether (sulfide) groups is 2. The SMILES string of the molecule is CCCCCCCCCCCCCCSCC(=O)OC[C@H](COP(=O)([O-])OCCC)OC(=O)CSCCCCCCCCCCCCCC. The Hall–Kier alpha value is -0.250. The van der Waals surface area contributed by atoms with Gasteiger partial charge < -0.3 is 23.4 Å². The average Bonchev–Trinajstić information content (AvgIpc) is 3.08. The number of carbonyl (C=O) groups excluding carboxylic acids is 2. The van der Waals surface area contributed by atoms with Crippen molar-refractivity contribution in [2.75, 3.05) is 42.8 Å². The molecule has 0 aromatic carbocycles. The minimum atomic E-state index is -4.54. The maximum atomic E-state index is 12.5. The summed E-state index contributed by atoms with van der Waals surface area (Å²) in [6.07, 6.45) is 30.5. The van der Waals surface area contributed by atoms with Gasteiger partial charge in [-0.05, 0) is 30.8 Å². The highest BCUT2D eigenvalue weighted by Gasteiger charge is 2.21. The van der Waals surface area contributed by atoms with Crippen LogP contribution in [0, 0.1) is 0 Å². The second-order valence-corrected chi connectivity index (χ2v) is 16.9. The molecule has 8 nitrogen and oxygen atoms in total. The number of hydrogen-bond donors (Lipinski definition) is 0. The first-order valence-electron chi connectivity index (χ1n) is 19.9. The number of unbranched alkanes of at least 4 members (excludes halogenated alkanes) is 22. The van der Waals surface area contributed by atoms with Gasteiger partial charge in [-0.1, -0.05) is 162 Å². The van der Waals surface area contributed by atoms with Gasteiger partial charge in [0.05, 0.1) is 24.7 Å². The van der Waals surface area contributed by atoms with Crippen LogP contribution in [-0.2, 0) is 32.7 Å². The number of ether oxygens (including phenoxy) is 2. The van der Waals surface area contributed by atoms with Crippen molar-refractivity contribution in [1.82, 2.24) is 0 Å². The molecule has 0 radical (unpaired) electrons. The molecule has 0 aromatic rings. The van der Waals surface area contributed by atoms with Gasteiger partial charge >= 0.3 is 11.9 Å².